The van der Waals surface area contributed by atoms with Gasteiger partial charge >= 0.3 is 0 Å². The van der Waals surface area contributed by atoms with Gasteiger partial charge in [-0.2, -0.15) is 0 Å². The molecule has 0 aliphatic heterocycles. The average Bonchev–Trinajstić information content (AvgIpc) is 2.82. The van der Waals surface area contributed by atoms with E-state index in [-0.39, 0.29) is 0 Å². The van der Waals surface area contributed by atoms with Crippen molar-refractivity contribution in [3.63, 3.8) is 0 Å². The highest BCUT2D eigenvalue weighted by Gasteiger charge is 2.12. The first-order valence-corrected chi connectivity index (χ1v) is 12.4. The fourth-order valence-electron chi connectivity index (χ4n) is 4.53. The van der Waals surface area contributed by atoms with Crippen LogP contribution in [-0.4, -0.2) is 9.97 Å². The predicted octanol–water partition coefficient (Wildman–Crippen LogP) is 8.10. The van der Waals surface area contributed by atoms with E-state index in [4.69, 9.17) is 9.97 Å². The molecule has 0 N–H and O–H groups in total. The van der Waals surface area contributed by atoms with E-state index in [1.807, 2.05) is 6.20 Å². The summed E-state index contributed by atoms with van der Waals surface area (Å²) < 4.78 is 0. The number of aryl methyl sites for hydroxylation is 3. The molecule has 170 valence electrons. The third kappa shape index (κ3) is 5.50. The number of nitrogens with zero attached hydrogens (tertiary/aromatic N) is 2. The van der Waals surface area contributed by atoms with Gasteiger partial charge < -0.3 is 0 Å². The number of aromatic nitrogens is 2. The minimum Gasteiger partial charge on any atom is -0.260 e. The Morgan fingerprint density at radius 1 is 0.848 bits per heavy atom. The lowest BCUT2D eigenvalue weighted by atomic mass is 9.95. The number of para-hydroxylation sites is 1. The molecule has 2 aromatic heterocycles. The zero-order chi connectivity index (χ0) is 23.4. The number of benzene rings is 2. The summed E-state index contributed by atoms with van der Waals surface area (Å²) in [5.41, 5.74) is 9.84. The van der Waals surface area contributed by atoms with Crippen molar-refractivity contribution in [1.29, 1.82) is 0 Å². The topological polar surface area (TPSA) is 25.8 Å². The van der Waals surface area contributed by atoms with E-state index in [1.54, 1.807) is 0 Å². The molecule has 0 aliphatic carbocycles. The van der Waals surface area contributed by atoms with Crippen LogP contribution >= 0.6 is 0 Å². The summed E-state index contributed by atoms with van der Waals surface area (Å²) in [6.45, 7) is 11.1. The van der Waals surface area contributed by atoms with E-state index in [0.717, 1.165) is 48.2 Å². The van der Waals surface area contributed by atoms with Gasteiger partial charge in [-0.3, -0.25) is 9.97 Å². The van der Waals surface area contributed by atoms with Crippen LogP contribution in [-0.2, 0) is 19.3 Å². The molecule has 0 bridgehead atoms. The second kappa shape index (κ2) is 10.3. The largest absolute Gasteiger partial charge is 0.260 e. The van der Waals surface area contributed by atoms with Gasteiger partial charge in [0.1, 0.15) is 0 Å². The smallest absolute Gasteiger partial charge is 0.0743 e. The van der Waals surface area contributed by atoms with Crippen LogP contribution in [0.3, 0.4) is 0 Å². The van der Waals surface area contributed by atoms with Crippen molar-refractivity contribution in [2.75, 3.05) is 0 Å². The zero-order valence-corrected chi connectivity index (χ0v) is 20.7. The lowest BCUT2D eigenvalue weighted by molar-refractivity contribution is 0.647. The van der Waals surface area contributed by atoms with Gasteiger partial charge in [-0.1, -0.05) is 76.2 Å². The van der Waals surface area contributed by atoms with Gasteiger partial charge in [0.2, 0.25) is 0 Å². The van der Waals surface area contributed by atoms with Crippen LogP contribution in [0, 0.1) is 12.8 Å². The number of hydrogen-bond acceptors (Lipinski definition) is 2. The van der Waals surface area contributed by atoms with Crippen molar-refractivity contribution < 1.29 is 0 Å². The highest BCUT2D eigenvalue weighted by atomic mass is 14.7. The summed E-state index contributed by atoms with van der Waals surface area (Å²) in [5, 5.41) is 1.21. The van der Waals surface area contributed by atoms with Gasteiger partial charge in [-0.05, 0) is 78.8 Å². The number of fused-ring (bicyclic) bond motifs is 1. The molecule has 0 fully saturated rings. The van der Waals surface area contributed by atoms with E-state index in [1.165, 1.54) is 27.6 Å². The van der Waals surface area contributed by atoms with E-state index >= 15 is 0 Å². The van der Waals surface area contributed by atoms with Crippen molar-refractivity contribution in [2.24, 2.45) is 5.92 Å². The molecule has 1 unspecified atom stereocenters. The molecule has 0 aliphatic rings. The molecule has 2 nitrogen and oxygen atoms in total. The quantitative estimate of drug-likeness (QED) is 0.279. The summed E-state index contributed by atoms with van der Waals surface area (Å²) >= 11 is 0. The molecule has 4 rings (SSSR count). The van der Waals surface area contributed by atoms with Crippen LogP contribution < -0.4 is 0 Å². The first-order valence-electron chi connectivity index (χ1n) is 12.4. The Hall–Kier alpha value is -3.00. The van der Waals surface area contributed by atoms with Crippen LogP contribution in [0.1, 0.15) is 68.1 Å². The predicted molar refractivity (Wildman–Crippen MR) is 141 cm³/mol. The maximum absolute atomic E-state index is 4.96. The van der Waals surface area contributed by atoms with E-state index in [2.05, 4.69) is 95.3 Å². The monoisotopic (exact) mass is 436 g/mol. The molecular formula is C31H36N2. The average molecular weight is 437 g/mol. The third-order valence-electron chi connectivity index (χ3n) is 6.62. The Kier molecular flexibility index (Phi) is 7.23. The molecule has 0 spiro atoms. The fraction of sp³-hybridized carbons (Fsp3) is 0.355. The molecule has 4 aromatic rings. The summed E-state index contributed by atoms with van der Waals surface area (Å²) in [4.78, 5) is 9.72. The fourth-order valence-corrected chi connectivity index (χ4v) is 4.53. The first-order chi connectivity index (χ1) is 15.9. The molecule has 0 amide bonds. The van der Waals surface area contributed by atoms with E-state index in [9.17, 15) is 0 Å². The van der Waals surface area contributed by atoms with Crippen LogP contribution in [0.4, 0.5) is 0 Å². The Labute approximate surface area is 199 Å². The van der Waals surface area contributed by atoms with Gasteiger partial charge in [-0.25, -0.2) is 0 Å². The van der Waals surface area contributed by atoms with Crippen molar-refractivity contribution in [3.05, 3.63) is 94.9 Å². The number of hydrogen-bond donors (Lipinski definition) is 0. The molecule has 0 radical (unpaired) electrons. The summed E-state index contributed by atoms with van der Waals surface area (Å²) in [6.07, 6.45) is 6.29. The molecule has 33 heavy (non-hydrogen) atoms. The van der Waals surface area contributed by atoms with Gasteiger partial charge in [0, 0.05) is 28.5 Å². The highest BCUT2D eigenvalue weighted by Crippen LogP contribution is 2.31. The minimum atomic E-state index is 0.487. The lowest BCUT2D eigenvalue weighted by Gasteiger charge is -2.13. The maximum atomic E-state index is 4.96. The Morgan fingerprint density at radius 3 is 2.27 bits per heavy atom. The van der Waals surface area contributed by atoms with Crippen LogP contribution in [0.2, 0.25) is 0 Å². The SMILES string of the molecule is CCC(C)c1ccc(-c2cc(C)nc3c(CCc4ccc(CC(C)C)cc4)cccc23)cn1. The lowest BCUT2D eigenvalue weighted by Crippen LogP contribution is -1.98. The number of pyridine rings is 2. The van der Waals surface area contributed by atoms with E-state index in [0.29, 0.717) is 11.8 Å². The van der Waals surface area contributed by atoms with Crippen molar-refractivity contribution in [1.82, 2.24) is 9.97 Å². The Balaban J connectivity index is 1.61. The minimum absolute atomic E-state index is 0.487. The highest BCUT2D eigenvalue weighted by molar-refractivity contribution is 5.96. The van der Waals surface area contributed by atoms with E-state index < -0.39 is 0 Å². The first kappa shape index (κ1) is 23.2. The standard InChI is InChI=1S/C31H36N2/c1-6-22(4)30-17-16-27(20-32-30)29-19-23(5)33-31-26(8-7-9-28(29)31)15-14-24-10-12-25(13-11-24)18-21(2)3/h7-13,16-17,19-22H,6,14-15,18H2,1-5H3. The maximum Gasteiger partial charge on any atom is 0.0743 e. The Morgan fingerprint density at radius 2 is 1.61 bits per heavy atom. The summed E-state index contributed by atoms with van der Waals surface area (Å²) in [7, 11) is 0. The molecule has 0 saturated carbocycles. The van der Waals surface area contributed by atoms with Crippen LogP contribution in [0.5, 0.6) is 0 Å². The second-order valence-electron chi connectivity index (χ2n) is 9.82. The molecule has 2 heterocycles. The van der Waals surface area contributed by atoms with Gasteiger partial charge in [0.05, 0.1) is 5.52 Å². The zero-order valence-electron chi connectivity index (χ0n) is 20.7. The van der Waals surface area contributed by atoms with Crippen LogP contribution in [0.25, 0.3) is 22.0 Å². The van der Waals surface area contributed by atoms with Gasteiger partial charge in [0.15, 0.2) is 0 Å². The normalized spacial score (nSPS) is 12.4. The van der Waals surface area contributed by atoms with Gasteiger partial charge in [-0.15, -0.1) is 0 Å². The van der Waals surface area contributed by atoms with Crippen molar-refractivity contribution >= 4 is 10.9 Å². The van der Waals surface area contributed by atoms with Gasteiger partial charge in [0.25, 0.3) is 0 Å². The van der Waals surface area contributed by atoms with Crippen molar-refractivity contribution in [2.45, 2.75) is 66.2 Å². The summed E-state index contributed by atoms with van der Waals surface area (Å²) in [6, 6.07) is 22.3. The second-order valence-corrected chi connectivity index (χ2v) is 9.82. The molecule has 1 atom stereocenters. The molecule has 2 aromatic carbocycles. The molecule has 0 saturated heterocycles. The molecule has 2 heteroatoms. The number of rotatable bonds is 8. The third-order valence-corrected chi connectivity index (χ3v) is 6.62. The Bertz CT molecular complexity index is 1200. The molecular weight excluding hydrogens is 400 g/mol. The van der Waals surface area contributed by atoms with Crippen LogP contribution in [0.15, 0.2) is 66.9 Å². The summed E-state index contributed by atoms with van der Waals surface area (Å²) in [5.74, 6) is 1.18. The van der Waals surface area contributed by atoms with Crippen molar-refractivity contribution in [3.8, 4) is 11.1 Å².